The fraction of sp³-hybridized carbons (Fsp3) is 0.278. The van der Waals surface area contributed by atoms with Gasteiger partial charge in [0.05, 0.1) is 19.9 Å². The molecule has 0 saturated heterocycles. The van der Waals surface area contributed by atoms with Gasteiger partial charge in [-0.05, 0) is 37.3 Å². The molecule has 0 spiro atoms. The second-order valence-electron chi connectivity index (χ2n) is 5.23. The fourth-order valence-corrected chi connectivity index (χ4v) is 1.98. The third-order valence-electron chi connectivity index (χ3n) is 3.32. The van der Waals surface area contributed by atoms with Gasteiger partial charge in [0, 0.05) is 5.56 Å². The van der Waals surface area contributed by atoms with Gasteiger partial charge in [0.25, 0.3) is 5.91 Å². The van der Waals surface area contributed by atoms with E-state index < -0.39 is 25.1 Å². The van der Waals surface area contributed by atoms with E-state index >= 15 is 0 Å². The molecule has 2 aromatic rings. The molecule has 26 heavy (non-hydrogen) atoms. The van der Waals surface area contributed by atoms with Gasteiger partial charge in [-0.1, -0.05) is 0 Å². The molecule has 138 valence electrons. The van der Waals surface area contributed by atoms with Crippen LogP contribution in [0, 0.1) is 0 Å². The molecule has 0 radical (unpaired) electrons. The lowest BCUT2D eigenvalue weighted by atomic mass is 10.1. The number of ether oxygens (including phenoxy) is 3. The number of methoxy groups -OCH3 is 1. The summed E-state index contributed by atoms with van der Waals surface area (Å²) in [5.74, 6) is -0.0867. The number of carbonyl (C=O) groups is 3. The van der Waals surface area contributed by atoms with E-state index in [1.54, 1.807) is 18.2 Å². The summed E-state index contributed by atoms with van der Waals surface area (Å²) in [6, 6.07) is 8.03. The molecule has 0 saturated carbocycles. The number of hydrogen-bond acceptors (Lipinski definition) is 7. The number of nitrogens with one attached hydrogen (secondary N) is 1. The van der Waals surface area contributed by atoms with E-state index in [1.165, 1.54) is 32.4 Å². The van der Waals surface area contributed by atoms with Gasteiger partial charge in [-0.3, -0.25) is 9.59 Å². The molecular weight excluding hydrogens is 342 g/mol. The Morgan fingerprint density at radius 2 is 1.92 bits per heavy atom. The molecule has 1 aromatic heterocycles. The third-order valence-corrected chi connectivity index (χ3v) is 3.32. The zero-order valence-electron chi connectivity index (χ0n) is 14.4. The van der Waals surface area contributed by atoms with Crippen molar-refractivity contribution in [2.75, 3.05) is 20.3 Å². The van der Waals surface area contributed by atoms with Crippen LogP contribution in [0.3, 0.4) is 0 Å². The topological polar surface area (TPSA) is 104 Å². The summed E-state index contributed by atoms with van der Waals surface area (Å²) in [5, 5.41) is 2.55. The van der Waals surface area contributed by atoms with Crippen molar-refractivity contribution in [1.29, 1.82) is 0 Å². The highest BCUT2D eigenvalue weighted by Crippen LogP contribution is 2.28. The van der Waals surface area contributed by atoms with E-state index in [0.29, 0.717) is 17.1 Å². The van der Waals surface area contributed by atoms with Crippen molar-refractivity contribution in [2.45, 2.75) is 13.5 Å². The Hall–Kier alpha value is -3.29. The molecule has 0 aliphatic heterocycles. The molecular formula is C18H19NO7. The Bertz CT molecular complexity index is 768. The predicted octanol–water partition coefficient (Wildman–Crippen LogP) is 1.73. The highest BCUT2D eigenvalue weighted by molar-refractivity contribution is 5.94. The van der Waals surface area contributed by atoms with E-state index in [-0.39, 0.29) is 18.1 Å². The number of rotatable bonds is 9. The maximum absolute atomic E-state index is 11.7. The van der Waals surface area contributed by atoms with Gasteiger partial charge < -0.3 is 23.9 Å². The first-order valence-electron chi connectivity index (χ1n) is 7.76. The molecule has 1 N–H and O–H groups in total. The van der Waals surface area contributed by atoms with Gasteiger partial charge in [-0.2, -0.15) is 0 Å². The zero-order valence-corrected chi connectivity index (χ0v) is 14.4. The van der Waals surface area contributed by atoms with Crippen LogP contribution in [0.15, 0.2) is 41.0 Å². The molecule has 8 heteroatoms. The Balaban J connectivity index is 1.76. The number of amides is 1. The van der Waals surface area contributed by atoms with E-state index in [0.717, 1.165) is 0 Å². The molecule has 1 amide bonds. The van der Waals surface area contributed by atoms with E-state index in [9.17, 15) is 14.4 Å². The summed E-state index contributed by atoms with van der Waals surface area (Å²) in [6.07, 6.45) is 1.50. The minimum absolute atomic E-state index is 0.116. The number of furan rings is 1. The SMILES string of the molecule is COc1cc(C(C)=O)ccc1OCC(=O)OCC(=O)NCc1ccco1. The van der Waals surface area contributed by atoms with Crippen molar-refractivity contribution in [3.63, 3.8) is 0 Å². The first-order chi connectivity index (χ1) is 12.5. The van der Waals surface area contributed by atoms with Crippen LogP contribution in [0.4, 0.5) is 0 Å². The number of ketones is 1. The summed E-state index contributed by atoms with van der Waals surface area (Å²) in [4.78, 5) is 34.6. The largest absolute Gasteiger partial charge is 0.493 e. The summed E-state index contributed by atoms with van der Waals surface area (Å²) in [7, 11) is 1.42. The molecule has 0 unspecified atom stereocenters. The van der Waals surface area contributed by atoms with Crippen LogP contribution >= 0.6 is 0 Å². The Kier molecular flexibility index (Phi) is 6.78. The van der Waals surface area contributed by atoms with Gasteiger partial charge in [0.1, 0.15) is 5.76 Å². The predicted molar refractivity (Wildman–Crippen MR) is 90.0 cm³/mol. The van der Waals surface area contributed by atoms with Crippen molar-refractivity contribution in [3.8, 4) is 11.5 Å². The summed E-state index contributed by atoms with van der Waals surface area (Å²) < 4.78 is 20.3. The normalized spacial score (nSPS) is 10.1. The monoisotopic (exact) mass is 361 g/mol. The lowest BCUT2D eigenvalue weighted by Crippen LogP contribution is -2.29. The summed E-state index contributed by atoms with van der Waals surface area (Å²) in [5.41, 5.74) is 0.463. The number of hydrogen-bond donors (Lipinski definition) is 1. The van der Waals surface area contributed by atoms with E-state index in [2.05, 4.69) is 5.32 Å². The average Bonchev–Trinajstić information content (AvgIpc) is 3.16. The molecule has 1 heterocycles. The van der Waals surface area contributed by atoms with Crippen molar-refractivity contribution in [3.05, 3.63) is 47.9 Å². The van der Waals surface area contributed by atoms with Gasteiger partial charge in [-0.15, -0.1) is 0 Å². The maximum Gasteiger partial charge on any atom is 0.344 e. The fourth-order valence-electron chi connectivity index (χ4n) is 1.98. The quantitative estimate of drug-likeness (QED) is 0.536. The Labute approximate surface area is 150 Å². The standard InChI is InChI=1S/C18H19NO7/c1-12(20)13-5-6-15(16(8-13)23-2)25-11-18(22)26-10-17(21)19-9-14-4-3-7-24-14/h3-8H,9-11H2,1-2H3,(H,19,21). The van der Waals surface area contributed by atoms with Crippen molar-refractivity contribution in [1.82, 2.24) is 5.32 Å². The second kappa shape index (κ2) is 9.26. The van der Waals surface area contributed by atoms with Crippen LogP contribution in [0.25, 0.3) is 0 Å². The van der Waals surface area contributed by atoms with Crippen molar-refractivity contribution >= 4 is 17.7 Å². The lowest BCUT2D eigenvalue weighted by Gasteiger charge is -2.11. The van der Waals surface area contributed by atoms with Gasteiger partial charge >= 0.3 is 5.97 Å². The molecule has 8 nitrogen and oxygen atoms in total. The molecule has 0 aliphatic carbocycles. The van der Waals surface area contributed by atoms with Crippen LogP contribution in [-0.4, -0.2) is 38.0 Å². The lowest BCUT2D eigenvalue weighted by molar-refractivity contribution is -0.150. The highest BCUT2D eigenvalue weighted by Gasteiger charge is 2.12. The minimum Gasteiger partial charge on any atom is -0.493 e. The summed E-state index contributed by atoms with van der Waals surface area (Å²) in [6.45, 7) is 0.813. The Morgan fingerprint density at radius 3 is 2.58 bits per heavy atom. The van der Waals surface area contributed by atoms with E-state index in [4.69, 9.17) is 18.6 Å². The number of benzene rings is 1. The van der Waals surface area contributed by atoms with Crippen molar-refractivity contribution < 1.29 is 33.0 Å². The van der Waals surface area contributed by atoms with Crippen LogP contribution in [0.1, 0.15) is 23.0 Å². The van der Waals surface area contributed by atoms with Gasteiger partial charge in [0.15, 0.2) is 30.5 Å². The van der Waals surface area contributed by atoms with Crippen LogP contribution in [0.5, 0.6) is 11.5 Å². The maximum atomic E-state index is 11.7. The zero-order chi connectivity index (χ0) is 18.9. The minimum atomic E-state index is -0.712. The second-order valence-corrected chi connectivity index (χ2v) is 5.23. The third kappa shape index (κ3) is 5.66. The number of esters is 1. The van der Waals surface area contributed by atoms with Gasteiger partial charge in [-0.25, -0.2) is 4.79 Å². The summed E-state index contributed by atoms with van der Waals surface area (Å²) >= 11 is 0. The van der Waals surface area contributed by atoms with Crippen LogP contribution < -0.4 is 14.8 Å². The van der Waals surface area contributed by atoms with E-state index in [1.807, 2.05) is 0 Å². The Morgan fingerprint density at radius 1 is 1.12 bits per heavy atom. The number of Topliss-reactive ketones (excluding diaryl/α,β-unsaturated/α-hetero) is 1. The molecule has 1 aromatic carbocycles. The molecule has 0 bridgehead atoms. The van der Waals surface area contributed by atoms with Crippen molar-refractivity contribution in [2.24, 2.45) is 0 Å². The average molecular weight is 361 g/mol. The smallest absolute Gasteiger partial charge is 0.344 e. The van der Waals surface area contributed by atoms with Gasteiger partial charge in [0.2, 0.25) is 0 Å². The molecule has 0 aliphatic rings. The van der Waals surface area contributed by atoms with Crippen LogP contribution in [0.2, 0.25) is 0 Å². The van der Waals surface area contributed by atoms with Crippen LogP contribution in [-0.2, 0) is 20.9 Å². The molecule has 0 atom stereocenters. The first kappa shape index (κ1) is 19.0. The number of carbonyl (C=O) groups excluding carboxylic acids is 3. The molecule has 0 fully saturated rings. The first-order valence-corrected chi connectivity index (χ1v) is 7.76. The highest BCUT2D eigenvalue weighted by atomic mass is 16.6. The molecule has 2 rings (SSSR count).